The minimum Gasteiger partial charge on any atom is -0.493 e. The highest BCUT2D eigenvalue weighted by atomic mass is 32.2. The zero-order valence-corrected chi connectivity index (χ0v) is 13.3. The first-order valence-electron chi connectivity index (χ1n) is 6.74. The lowest BCUT2D eigenvalue weighted by atomic mass is 10.3. The molecule has 2 aromatic rings. The number of amides is 1. The zero-order valence-electron chi connectivity index (χ0n) is 12.5. The molecule has 0 spiro atoms. The second-order valence-corrected chi connectivity index (χ2v) is 5.28. The van der Waals surface area contributed by atoms with Gasteiger partial charge in [0.15, 0.2) is 22.5 Å². The largest absolute Gasteiger partial charge is 0.493 e. The summed E-state index contributed by atoms with van der Waals surface area (Å²) in [5.41, 5.74) is 5.15. The molecule has 118 valence electrons. The van der Waals surface area contributed by atoms with Gasteiger partial charge in [-0.15, -0.1) is 10.2 Å². The van der Waals surface area contributed by atoms with E-state index in [1.54, 1.807) is 7.11 Å². The molecule has 0 bridgehead atoms. The van der Waals surface area contributed by atoms with Gasteiger partial charge in [-0.3, -0.25) is 4.79 Å². The summed E-state index contributed by atoms with van der Waals surface area (Å²) in [6.07, 6.45) is 0. The Labute approximate surface area is 132 Å². The van der Waals surface area contributed by atoms with Gasteiger partial charge in [0.05, 0.1) is 12.9 Å². The van der Waals surface area contributed by atoms with Gasteiger partial charge in [0.1, 0.15) is 6.61 Å². The number of ether oxygens (including phenoxy) is 2. The Morgan fingerprint density at radius 3 is 2.68 bits per heavy atom. The fraction of sp³-hybridized carbons (Fsp3) is 0.357. The number of methoxy groups -OCH3 is 1. The van der Waals surface area contributed by atoms with Gasteiger partial charge < -0.3 is 19.8 Å². The summed E-state index contributed by atoms with van der Waals surface area (Å²) in [5, 5.41) is 8.83. The molecule has 1 aromatic carbocycles. The number of aromatic nitrogens is 3. The van der Waals surface area contributed by atoms with Crippen molar-refractivity contribution in [1.82, 2.24) is 14.8 Å². The molecule has 0 saturated carbocycles. The lowest BCUT2D eigenvalue weighted by molar-refractivity contribution is -0.115. The van der Waals surface area contributed by atoms with Crippen molar-refractivity contribution in [1.29, 1.82) is 0 Å². The van der Waals surface area contributed by atoms with E-state index in [2.05, 4.69) is 10.2 Å². The molecule has 0 aliphatic heterocycles. The van der Waals surface area contributed by atoms with E-state index in [-0.39, 0.29) is 18.3 Å². The molecular weight excluding hydrogens is 304 g/mol. The van der Waals surface area contributed by atoms with Gasteiger partial charge in [0, 0.05) is 6.54 Å². The number of hydrogen-bond donors (Lipinski definition) is 1. The van der Waals surface area contributed by atoms with E-state index in [0.717, 1.165) is 0 Å². The average Bonchev–Trinajstić information content (AvgIpc) is 2.93. The summed E-state index contributed by atoms with van der Waals surface area (Å²) in [6, 6.07) is 7.40. The van der Waals surface area contributed by atoms with Gasteiger partial charge in [0.2, 0.25) is 5.91 Å². The van der Waals surface area contributed by atoms with Crippen LogP contribution in [-0.4, -0.2) is 33.5 Å². The minimum absolute atomic E-state index is 0.172. The van der Waals surface area contributed by atoms with E-state index in [1.807, 2.05) is 35.8 Å². The van der Waals surface area contributed by atoms with E-state index >= 15 is 0 Å². The van der Waals surface area contributed by atoms with Gasteiger partial charge in [-0.2, -0.15) is 0 Å². The van der Waals surface area contributed by atoms with Crippen LogP contribution in [0.2, 0.25) is 0 Å². The summed E-state index contributed by atoms with van der Waals surface area (Å²) >= 11 is 1.26. The first-order chi connectivity index (χ1) is 10.7. The number of hydrogen-bond acceptors (Lipinski definition) is 6. The lowest BCUT2D eigenvalue weighted by Crippen LogP contribution is -2.14. The molecule has 0 saturated heterocycles. The molecule has 8 heteroatoms. The van der Waals surface area contributed by atoms with Crippen LogP contribution in [0.15, 0.2) is 29.4 Å². The second-order valence-electron chi connectivity index (χ2n) is 4.34. The zero-order chi connectivity index (χ0) is 15.9. The van der Waals surface area contributed by atoms with Crippen molar-refractivity contribution in [3.8, 4) is 11.5 Å². The molecule has 2 rings (SSSR count). The average molecular weight is 322 g/mol. The number of carbonyl (C=O) groups is 1. The van der Waals surface area contributed by atoms with Crippen LogP contribution < -0.4 is 15.2 Å². The predicted octanol–water partition coefficient (Wildman–Crippen LogP) is 1.46. The maximum Gasteiger partial charge on any atom is 0.227 e. The Hall–Kier alpha value is -2.22. The fourth-order valence-corrected chi connectivity index (χ4v) is 2.63. The van der Waals surface area contributed by atoms with Gasteiger partial charge in [-0.05, 0) is 19.1 Å². The maximum atomic E-state index is 10.9. The Balaban J connectivity index is 2.08. The van der Waals surface area contributed by atoms with Crippen molar-refractivity contribution >= 4 is 17.7 Å². The van der Waals surface area contributed by atoms with Crippen molar-refractivity contribution in [2.45, 2.75) is 25.2 Å². The molecule has 0 atom stereocenters. The van der Waals surface area contributed by atoms with Crippen LogP contribution in [0.5, 0.6) is 11.5 Å². The molecule has 0 aliphatic rings. The van der Waals surface area contributed by atoms with Crippen LogP contribution in [-0.2, 0) is 17.9 Å². The standard InChI is InChI=1S/C14H18N4O3S/c1-3-18-13(16-17-14(18)22-9-12(15)19)8-21-11-7-5-4-6-10(11)20-2/h4-7H,3,8-9H2,1-2H3,(H2,15,19). The monoisotopic (exact) mass is 322 g/mol. The highest BCUT2D eigenvalue weighted by Gasteiger charge is 2.13. The molecule has 0 unspecified atom stereocenters. The summed E-state index contributed by atoms with van der Waals surface area (Å²) in [6.45, 7) is 2.92. The van der Waals surface area contributed by atoms with Crippen molar-refractivity contribution in [2.75, 3.05) is 12.9 Å². The van der Waals surface area contributed by atoms with E-state index in [0.29, 0.717) is 29.0 Å². The number of para-hydroxylation sites is 2. The van der Waals surface area contributed by atoms with Gasteiger partial charge in [0.25, 0.3) is 0 Å². The van der Waals surface area contributed by atoms with E-state index in [1.165, 1.54) is 11.8 Å². The first-order valence-corrected chi connectivity index (χ1v) is 7.73. The van der Waals surface area contributed by atoms with E-state index in [9.17, 15) is 4.79 Å². The van der Waals surface area contributed by atoms with Crippen molar-refractivity contribution in [3.63, 3.8) is 0 Å². The molecule has 1 heterocycles. The lowest BCUT2D eigenvalue weighted by Gasteiger charge is -2.11. The minimum atomic E-state index is -0.387. The topological polar surface area (TPSA) is 92.3 Å². The Morgan fingerprint density at radius 2 is 2.05 bits per heavy atom. The number of rotatable bonds is 8. The Bertz CT molecular complexity index is 645. The van der Waals surface area contributed by atoms with Crippen LogP contribution >= 0.6 is 11.8 Å². The van der Waals surface area contributed by atoms with E-state index in [4.69, 9.17) is 15.2 Å². The first kappa shape index (κ1) is 16.2. The fourth-order valence-electron chi connectivity index (χ4n) is 1.87. The molecule has 2 N–H and O–H groups in total. The molecule has 0 aliphatic carbocycles. The van der Waals surface area contributed by atoms with Crippen LogP contribution in [0.3, 0.4) is 0 Å². The SMILES string of the molecule is CCn1c(COc2ccccc2OC)nnc1SCC(N)=O. The van der Waals surface area contributed by atoms with Crippen molar-refractivity contribution in [2.24, 2.45) is 5.73 Å². The molecule has 0 fully saturated rings. The van der Waals surface area contributed by atoms with Gasteiger partial charge >= 0.3 is 0 Å². The Kier molecular flexibility index (Phi) is 5.65. The number of primary amides is 1. The number of benzene rings is 1. The third-order valence-electron chi connectivity index (χ3n) is 2.88. The summed E-state index contributed by atoms with van der Waals surface area (Å²) in [7, 11) is 1.59. The van der Waals surface area contributed by atoms with Crippen LogP contribution in [0.4, 0.5) is 0 Å². The maximum absolute atomic E-state index is 10.9. The summed E-state index contributed by atoms with van der Waals surface area (Å²) in [4.78, 5) is 10.9. The van der Waals surface area contributed by atoms with Gasteiger partial charge in [-0.25, -0.2) is 0 Å². The van der Waals surface area contributed by atoms with Crippen LogP contribution in [0.1, 0.15) is 12.7 Å². The number of nitrogens with two attached hydrogens (primary N) is 1. The number of thioether (sulfide) groups is 1. The molecule has 0 radical (unpaired) electrons. The Morgan fingerprint density at radius 1 is 1.32 bits per heavy atom. The normalized spacial score (nSPS) is 10.5. The van der Waals surface area contributed by atoms with E-state index < -0.39 is 0 Å². The summed E-state index contributed by atoms with van der Waals surface area (Å²) in [5.74, 6) is 1.77. The molecule has 7 nitrogen and oxygen atoms in total. The van der Waals surface area contributed by atoms with Gasteiger partial charge in [-0.1, -0.05) is 23.9 Å². The third-order valence-corrected chi connectivity index (χ3v) is 3.87. The second kappa shape index (κ2) is 7.69. The van der Waals surface area contributed by atoms with Crippen LogP contribution in [0, 0.1) is 0 Å². The summed E-state index contributed by atoms with van der Waals surface area (Å²) < 4.78 is 12.9. The van der Waals surface area contributed by atoms with Crippen LogP contribution in [0.25, 0.3) is 0 Å². The van der Waals surface area contributed by atoms with Crippen molar-refractivity contribution < 1.29 is 14.3 Å². The highest BCUT2D eigenvalue weighted by molar-refractivity contribution is 7.99. The molecule has 22 heavy (non-hydrogen) atoms. The third kappa shape index (κ3) is 3.91. The number of carbonyl (C=O) groups excluding carboxylic acids is 1. The number of nitrogens with zero attached hydrogens (tertiary/aromatic N) is 3. The molecule has 1 amide bonds. The predicted molar refractivity (Wildman–Crippen MR) is 82.9 cm³/mol. The molecular formula is C14H18N4O3S. The highest BCUT2D eigenvalue weighted by Crippen LogP contribution is 2.26. The smallest absolute Gasteiger partial charge is 0.227 e. The quantitative estimate of drug-likeness (QED) is 0.740. The van der Waals surface area contributed by atoms with Crippen molar-refractivity contribution in [3.05, 3.63) is 30.1 Å². The molecule has 1 aromatic heterocycles.